The van der Waals surface area contributed by atoms with E-state index in [0.29, 0.717) is 42.1 Å². The highest BCUT2D eigenvalue weighted by Gasteiger charge is 2.27. The first-order valence-electron chi connectivity index (χ1n) is 8.41. The predicted molar refractivity (Wildman–Crippen MR) is 93.0 cm³/mol. The number of aromatic nitrogens is 1. The molecule has 6 nitrogen and oxygen atoms in total. The maximum absolute atomic E-state index is 12.8. The van der Waals surface area contributed by atoms with Crippen molar-refractivity contribution in [3.63, 3.8) is 0 Å². The highest BCUT2D eigenvalue weighted by Crippen LogP contribution is 2.32. The van der Waals surface area contributed by atoms with Crippen LogP contribution in [0.2, 0.25) is 0 Å². The van der Waals surface area contributed by atoms with E-state index in [0.717, 1.165) is 11.3 Å². The van der Waals surface area contributed by atoms with Gasteiger partial charge in [-0.3, -0.25) is 4.79 Å². The Labute approximate surface area is 146 Å². The van der Waals surface area contributed by atoms with Crippen LogP contribution in [-0.4, -0.2) is 30.1 Å². The maximum atomic E-state index is 12.8. The first-order chi connectivity index (χ1) is 12.0. The number of H-pyrrole nitrogens is 1. The zero-order valence-corrected chi connectivity index (χ0v) is 14.6. The number of nitrogens with one attached hydrogen (secondary N) is 2. The molecular weight excluding hydrogens is 320 g/mol. The molecule has 0 spiro atoms. The van der Waals surface area contributed by atoms with Crippen molar-refractivity contribution in [1.29, 1.82) is 0 Å². The Morgan fingerprint density at radius 2 is 2.08 bits per heavy atom. The number of hydrogen-bond acceptors (Lipinski definition) is 4. The first kappa shape index (κ1) is 17.1. The van der Waals surface area contributed by atoms with Crippen molar-refractivity contribution in [2.24, 2.45) is 0 Å². The van der Waals surface area contributed by atoms with Crippen LogP contribution in [0.3, 0.4) is 0 Å². The Balaban J connectivity index is 1.83. The average Bonchev–Trinajstić information content (AvgIpc) is 2.90. The molecule has 1 amide bonds. The lowest BCUT2D eigenvalue weighted by molar-refractivity contribution is 0.0525. The summed E-state index contributed by atoms with van der Waals surface area (Å²) in [6, 6.07) is 7.57. The van der Waals surface area contributed by atoms with Crippen LogP contribution in [-0.2, 0) is 4.74 Å². The van der Waals surface area contributed by atoms with E-state index in [4.69, 9.17) is 9.47 Å². The summed E-state index contributed by atoms with van der Waals surface area (Å²) < 4.78 is 10.7. The molecular formula is C19H22N2O4. The van der Waals surface area contributed by atoms with Crippen molar-refractivity contribution in [2.45, 2.75) is 33.2 Å². The quantitative estimate of drug-likeness (QED) is 0.837. The van der Waals surface area contributed by atoms with Gasteiger partial charge >= 0.3 is 5.97 Å². The van der Waals surface area contributed by atoms with Crippen molar-refractivity contribution in [2.75, 3.05) is 13.2 Å². The Kier molecular flexibility index (Phi) is 4.79. The Hall–Kier alpha value is -2.76. The molecule has 0 saturated heterocycles. The maximum Gasteiger partial charge on any atom is 0.340 e. The van der Waals surface area contributed by atoms with E-state index < -0.39 is 5.97 Å². The summed E-state index contributed by atoms with van der Waals surface area (Å²) in [6.45, 7) is 6.12. The van der Waals surface area contributed by atoms with Gasteiger partial charge in [-0.2, -0.15) is 0 Å². The summed E-state index contributed by atoms with van der Waals surface area (Å²) in [5, 5.41) is 3.04. The van der Waals surface area contributed by atoms with Crippen LogP contribution in [0.4, 0.5) is 0 Å². The van der Waals surface area contributed by atoms with Gasteiger partial charge in [-0.15, -0.1) is 0 Å². The molecule has 0 radical (unpaired) electrons. The van der Waals surface area contributed by atoms with E-state index in [2.05, 4.69) is 10.3 Å². The van der Waals surface area contributed by atoms with E-state index in [-0.39, 0.29) is 11.9 Å². The predicted octanol–water partition coefficient (Wildman–Crippen LogP) is 3.06. The van der Waals surface area contributed by atoms with Crippen LogP contribution in [0, 0.1) is 13.8 Å². The second-order valence-corrected chi connectivity index (χ2v) is 6.05. The summed E-state index contributed by atoms with van der Waals surface area (Å²) in [6.07, 6.45) is 0.701. The van der Waals surface area contributed by atoms with Gasteiger partial charge in [0.25, 0.3) is 5.91 Å². The summed E-state index contributed by atoms with van der Waals surface area (Å²) in [4.78, 5) is 27.9. The van der Waals surface area contributed by atoms with Crippen LogP contribution in [0.5, 0.6) is 5.75 Å². The van der Waals surface area contributed by atoms with Gasteiger partial charge in [0.05, 0.1) is 24.8 Å². The number of hydrogen-bond donors (Lipinski definition) is 2. The SMILES string of the molecule is CCOC(=O)c1c(C)[nH]c(C(=O)N[C@@H]2CCOc3ccccc32)c1C. The van der Waals surface area contributed by atoms with Gasteiger partial charge in [0, 0.05) is 17.7 Å². The van der Waals surface area contributed by atoms with E-state index in [1.807, 2.05) is 24.3 Å². The number of esters is 1. The number of benzene rings is 1. The van der Waals surface area contributed by atoms with Gasteiger partial charge in [0.2, 0.25) is 0 Å². The number of aromatic amines is 1. The van der Waals surface area contributed by atoms with Crippen LogP contribution in [0.25, 0.3) is 0 Å². The van der Waals surface area contributed by atoms with Crippen molar-refractivity contribution in [3.8, 4) is 5.75 Å². The number of amides is 1. The fourth-order valence-corrected chi connectivity index (χ4v) is 3.21. The normalized spacial score (nSPS) is 15.9. The summed E-state index contributed by atoms with van der Waals surface area (Å²) in [5.41, 5.74) is 3.03. The average molecular weight is 342 g/mol. The zero-order chi connectivity index (χ0) is 18.0. The van der Waals surface area contributed by atoms with Crippen LogP contribution in [0.1, 0.15) is 57.1 Å². The summed E-state index contributed by atoms with van der Waals surface area (Å²) >= 11 is 0. The molecule has 3 rings (SSSR count). The largest absolute Gasteiger partial charge is 0.493 e. The highest BCUT2D eigenvalue weighted by molar-refractivity contribution is 6.00. The van der Waals surface area contributed by atoms with Crippen LogP contribution < -0.4 is 10.1 Å². The molecule has 0 unspecified atom stereocenters. The van der Waals surface area contributed by atoms with E-state index >= 15 is 0 Å². The Bertz CT molecular complexity index is 810. The van der Waals surface area contributed by atoms with E-state index in [1.165, 1.54) is 0 Å². The second-order valence-electron chi connectivity index (χ2n) is 6.05. The molecule has 0 bridgehead atoms. The Morgan fingerprint density at radius 1 is 1.32 bits per heavy atom. The number of ether oxygens (including phenoxy) is 2. The van der Waals surface area contributed by atoms with Crippen molar-refractivity contribution >= 4 is 11.9 Å². The van der Waals surface area contributed by atoms with E-state index in [9.17, 15) is 9.59 Å². The molecule has 25 heavy (non-hydrogen) atoms. The Morgan fingerprint density at radius 3 is 2.84 bits per heavy atom. The molecule has 2 N–H and O–H groups in total. The van der Waals surface area contributed by atoms with Crippen LogP contribution in [0.15, 0.2) is 24.3 Å². The van der Waals surface area contributed by atoms with Crippen molar-refractivity contribution < 1.29 is 19.1 Å². The fourth-order valence-electron chi connectivity index (χ4n) is 3.21. The lowest BCUT2D eigenvalue weighted by Gasteiger charge is -2.26. The number of aryl methyl sites for hydroxylation is 1. The molecule has 1 aliphatic rings. The second kappa shape index (κ2) is 7.01. The minimum atomic E-state index is -0.413. The molecule has 2 aromatic rings. The fraction of sp³-hybridized carbons (Fsp3) is 0.368. The lowest BCUT2D eigenvalue weighted by atomic mass is 10.0. The lowest BCUT2D eigenvalue weighted by Crippen LogP contribution is -2.32. The topological polar surface area (TPSA) is 80.4 Å². The molecule has 1 atom stereocenters. The van der Waals surface area contributed by atoms with Gasteiger partial charge in [0.1, 0.15) is 11.4 Å². The third kappa shape index (κ3) is 3.24. The summed E-state index contributed by atoms with van der Waals surface area (Å²) in [7, 11) is 0. The van der Waals surface area contributed by atoms with Gasteiger partial charge < -0.3 is 19.8 Å². The number of carbonyl (C=O) groups is 2. The number of para-hydroxylation sites is 1. The van der Waals surface area contributed by atoms with Gasteiger partial charge in [0.15, 0.2) is 0 Å². The molecule has 2 heterocycles. The van der Waals surface area contributed by atoms with Crippen molar-refractivity contribution in [3.05, 3.63) is 52.3 Å². The molecule has 1 aromatic heterocycles. The van der Waals surface area contributed by atoms with Crippen LogP contribution >= 0.6 is 0 Å². The van der Waals surface area contributed by atoms with Gasteiger partial charge in [-0.25, -0.2) is 4.79 Å². The summed E-state index contributed by atoms with van der Waals surface area (Å²) in [5.74, 6) is 0.146. The van der Waals surface area contributed by atoms with Crippen molar-refractivity contribution in [1.82, 2.24) is 10.3 Å². The third-order valence-corrected chi connectivity index (χ3v) is 4.41. The van der Waals surface area contributed by atoms with E-state index in [1.54, 1.807) is 20.8 Å². The zero-order valence-electron chi connectivity index (χ0n) is 14.6. The molecule has 132 valence electrons. The van der Waals surface area contributed by atoms with Gasteiger partial charge in [-0.1, -0.05) is 18.2 Å². The minimum Gasteiger partial charge on any atom is -0.493 e. The first-order valence-corrected chi connectivity index (χ1v) is 8.41. The smallest absolute Gasteiger partial charge is 0.340 e. The highest BCUT2D eigenvalue weighted by atomic mass is 16.5. The van der Waals surface area contributed by atoms with Gasteiger partial charge in [-0.05, 0) is 32.4 Å². The third-order valence-electron chi connectivity index (χ3n) is 4.41. The molecule has 0 fully saturated rings. The molecule has 1 aromatic carbocycles. The number of rotatable bonds is 4. The molecule has 6 heteroatoms. The monoisotopic (exact) mass is 342 g/mol. The standard InChI is InChI=1S/C19H22N2O4/c1-4-24-19(23)16-11(2)17(20-12(16)3)18(22)21-14-9-10-25-15-8-6-5-7-13(14)15/h5-8,14,20H,4,9-10H2,1-3H3,(H,21,22)/t14-/m1/s1. The molecule has 0 aliphatic carbocycles. The molecule has 0 saturated carbocycles. The minimum absolute atomic E-state index is 0.119. The number of fused-ring (bicyclic) bond motifs is 1. The molecule has 1 aliphatic heterocycles. The number of carbonyl (C=O) groups excluding carboxylic acids is 2.